The summed E-state index contributed by atoms with van der Waals surface area (Å²) in [4.78, 5) is 0. The minimum atomic E-state index is -4.05. The number of halogens is 3. The smallest absolute Gasteiger partial charge is 0.309 e. The standard InChI is InChI=1S/C10H18F3N/c1-8(7-10(11,12)13)14-9(2)5-3-4-6-9/h8,14H,3-7H2,1-2H3. The Morgan fingerprint density at radius 3 is 2.21 bits per heavy atom. The zero-order valence-corrected chi connectivity index (χ0v) is 8.75. The molecular formula is C10H18F3N. The molecule has 4 heteroatoms. The Balaban J connectivity index is 2.36. The lowest BCUT2D eigenvalue weighted by Crippen LogP contribution is -2.46. The van der Waals surface area contributed by atoms with Gasteiger partial charge >= 0.3 is 6.18 Å². The molecule has 0 radical (unpaired) electrons. The highest BCUT2D eigenvalue weighted by molar-refractivity contribution is 4.90. The molecule has 0 bridgehead atoms. The van der Waals surface area contributed by atoms with Crippen LogP contribution in [-0.4, -0.2) is 17.8 Å². The molecule has 0 heterocycles. The van der Waals surface area contributed by atoms with E-state index in [4.69, 9.17) is 0 Å². The molecule has 1 N–H and O–H groups in total. The number of rotatable bonds is 3. The molecule has 1 unspecified atom stereocenters. The van der Waals surface area contributed by atoms with Crippen molar-refractivity contribution in [2.45, 2.75) is 63.7 Å². The Labute approximate surface area is 83.1 Å². The van der Waals surface area contributed by atoms with Gasteiger partial charge in [-0.1, -0.05) is 12.8 Å². The van der Waals surface area contributed by atoms with Crippen LogP contribution in [0.25, 0.3) is 0 Å². The lowest BCUT2D eigenvalue weighted by molar-refractivity contribution is -0.140. The highest BCUT2D eigenvalue weighted by atomic mass is 19.4. The fourth-order valence-corrected chi connectivity index (χ4v) is 2.29. The second-order valence-electron chi connectivity index (χ2n) is 4.63. The van der Waals surface area contributed by atoms with Crippen LogP contribution in [-0.2, 0) is 0 Å². The van der Waals surface area contributed by atoms with Crippen LogP contribution in [0.1, 0.15) is 46.0 Å². The van der Waals surface area contributed by atoms with Gasteiger partial charge in [0.15, 0.2) is 0 Å². The maximum atomic E-state index is 12.1. The van der Waals surface area contributed by atoms with E-state index in [-0.39, 0.29) is 5.54 Å². The van der Waals surface area contributed by atoms with Crippen molar-refractivity contribution < 1.29 is 13.2 Å². The highest BCUT2D eigenvalue weighted by Crippen LogP contribution is 2.31. The summed E-state index contributed by atoms with van der Waals surface area (Å²) in [5, 5.41) is 3.09. The molecule has 1 saturated carbocycles. The molecule has 14 heavy (non-hydrogen) atoms. The number of alkyl halides is 3. The summed E-state index contributed by atoms with van der Waals surface area (Å²) in [7, 11) is 0. The van der Waals surface area contributed by atoms with Gasteiger partial charge in [-0.3, -0.25) is 0 Å². The number of hydrogen-bond acceptors (Lipinski definition) is 1. The van der Waals surface area contributed by atoms with Crippen molar-refractivity contribution in [3.63, 3.8) is 0 Å². The largest absolute Gasteiger partial charge is 0.390 e. The van der Waals surface area contributed by atoms with Crippen molar-refractivity contribution in [1.82, 2.24) is 5.32 Å². The highest BCUT2D eigenvalue weighted by Gasteiger charge is 2.34. The van der Waals surface area contributed by atoms with Crippen LogP contribution in [0.2, 0.25) is 0 Å². The van der Waals surface area contributed by atoms with Crippen LogP contribution < -0.4 is 5.32 Å². The summed E-state index contributed by atoms with van der Waals surface area (Å²) in [6, 6.07) is -0.474. The predicted octanol–water partition coefficient (Wildman–Crippen LogP) is 3.25. The number of hydrogen-bond donors (Lipinski definition) is 1. The molecule has 1 atom stereocenters. The first-order valence-electron chi connectivity index (χ1n) is 5.15. The summed E-state index contributed by atoms with van der Waals surface area (Å²) < 4.78 is 36.2. The second kappa shape index (κ2) is 4.09. The van der Waals surface area contributed by atoms with Crippen molar-refractivity contribution in [3.8, 4) is 0 Å². The Bertz CT molecular complexity index is 182. The van der Waals surface area contributed by atoms with Gasteiger partial charge in [0.1, 0.15) is 0 Å². The first kappa shape index (κ1) is 11.8. The van der Waals surface area contributed by atoms with E-state index in [1.54, 1.807) is 6.92 Å². The van der Waals surface area contributed by atoms with Gasteiger partial charge in [0.25, 0.3) is 0 Å². The second-order valence-corrected chi connectivity index (χ2v) is 4.63. The monoisotopic (exact) mass is 209 g/mol. The minimum Gasteiger partial charge on any atom is -0.309 e. The van der Waals surface area contributed by atoms with Crippen molar-refractivity contribution in [2.75, 3.05) is 0 Å². The summed E-state index contributed by atoms with van der Waals surface area (Å²) in [6.45, 7) is 3.63. The van der Waals surface area contributed by atoms with E-state index in [2.05, 4.69) is 5.32 Å². The first-order valence-corrected chi connectivity index (χ1v) is 5.15. The average Bonchev–Trinajstić information content (AvgIpc) is 2.30. The van der Waals surface area contributed by atoms with Gasteiger partial charge in [-0.2, -0.15) is 13.2 Å². The fourth-order valence-electron chi connectivity index (χ4n) is 2.29. The van der Waals surface area contributed by atoms with E-state index in [0.717, 1.165) is 25.7 Å². The zero-order chi connectivity index (χ0) is 10.8. The van der Waals surface area contributed by atoms with Crippen LogP contribution in [0.15, 0.2) is 0 Å². The SMILES string of the molecule is CC(CC(F)(F)F)NC1(C)CCCC1. The van der Waals surface area contributed by atoms with E-state index in [0.29, 0.717) is 0 Å². The summed E-state index contributed by atoms with van der Waals surface area (Å²) in [5.74, 6) is 0. The maximum Gasteiger partial charge on any atom is 0.390 e. The minimum absolute atomic E-state index is 0.0648. The molecule has 0 saturated heterocycles. The van der Waals surface area contributed by atoms with Crippen molar-refractivity contribution >= 4 is 0 Å². The molecule has 1 rings (SSSR count). The van der Waals surface area contributed by atoms with Gasteiger partial charge in [-0.05, 0) is 26.7 Å². The fraction of sp³-hybridized carbons (Fsp3) is 1.00. The van der Waals surface area contributed by atoms with Crippen molar-refractivity contribution in [2.24, 2.45) is 0 Å². The predicted molar refractivity (Wildman–Crippen MR) is 50.1 cm³/mol. The quantitative estimate of drug-likeness (QED) is 0.752. The molecule has 0 aromatic carbocycles. The average molecular weight is 209 g/mol. The normalized spacial score (nSPS) is 23.8. The van der Waals surface area contributed by atoms with Crippen LogP contribution in [0, 0.1) is 0 Å². The molecule has 1 fully saturated rings. The van der Waals surface area contributed by atoms with Gasteiger partial charge in [0.05, 0.1) is 6.42 Å². The molecule has 0 aliphatic heterocycles. The Morgan fingerprint density at radius 1 is 1.29 bits per heavy atom. The molecule has 1 aliphatic rings. The Hall–Kier alpha value is -0.250. The summed E-state index contributed by atoms with van der Waals surface area (Å²) in [5.41, 5.74) is -0.0648. The van der Waals surface area contributed by atoms with E-state index in [1.165, 1.54) is 0 Å². The molecular weight excluding hydrogens is 191 g/mol. The van der Waals surface area contributed by atoms with Crippen molar-refractivity contribution in [3.05, 3.63) is 0 Å². The lowest BCUT2D eigenvalue weighted by atomic mass is 9.99. The summed E-state index contributed by atoms with van der Waals surface area (Å²) in [6.07, 6.45) is -0.543. The van der Waals surface area contributed by atoms with Crippen LogP contribution >= 0.6 is 0 Å². The zero-order valence-electron chi connectivity index (χ0n) is 8.75. The van der Waals surface area contributed by atoms with Gasteiger partial charge in [0, 0.05) is 11.6 Å². The van der Waals surface area contributed by atoms with Gasteiger partial charge < -0.3 is 5.32 Å². The molecule has 1 aliphatic carbocycles. The van der Waals surface area contributed by atoms with Crippen LogP contribution in [0.4, 0.5) is 13.2 Å². The van der Waals surface area contributed by atoms with Gasteiger partial charge in [-0.15, -0.1) is 0 Å². The van der Waals surface area contributed by atoms with E-state index in [1.807, 2.05) is 6.92 Å². The summed E-state index contributed by atoms with van der Waals surface area (Å²) >= 11 is 0. The Morgan fingerprint density at radius 2 is 1.79 bits per heavy atom. The van der Waals surface area contributed by atoms with Crippen molar-refractivity contribution in [1.29, 1.82) is 0 Å². The van der Waals surface area contributed by atoms with Gasteiger partial charge in [-0.25, -0.2) is 0 Å². The van der Waals surface area contributed by atoms with Gasteiger partial charge in [0.2, 0.25) is 0 Å². The third-order valence-electron chi connectivity index (χ3n) is 2.84. The third-order valence-corrected chi connectivity index (χ3v) is 2.84. The third kappa shape index (κ3) is 3.86. The molecule has 84 valence electrons. The Kier molecular flexibility index (Phi) is 3.45. The molecule has 1 nitrogen and oxygen atoms in total. The van der Waals surface area contributed by atoms with Crippen LogP contribution in [0.3, 0.4) is 0 Å². The molecule has 0 aromatic rings. The molecule has 0 aromatic heterocycles. The van der Waals surface area contributed by atoms with Crippen LogP contribution in [0.5, 0.6) is 0 Å². The number of nitrogens with one attached hydrogen (secondary N) is 1. The lowest BCUT2D eigenvalue weighted by Gasteiger charge is -2.30. The maximum absolute atomic E-state index is 12.1. The molecule has 0 amide bonds. The molecule has 0 spiro atoms. The first-order chi connectivity index (χ1) is 6.31. The topological polar surface area (TPSA) is 12.0 Å². The van der Waals surface area contributed by atoms with E-state index in [9.17, 15) is 13.2 Å². The van der Waals surface area contributed by atoms with E-state index >= 15 is 0 Å². The van der Waals surface area contributed by atoms with E-state index < -0.39 is 18.6 Å².